The average molecular weight is 344 g/mol. The molecule has 0 aliphatic heterocycles. The third kappa shape index (κ3) is 5.36. The van der Waals surface area contributed by atoms with Crippen molar-refractivity contribution in [3.05, 3.63) is 42.2 Å². The molecular weight excluding hydrogens is 320 g/mol. The number of aromatic nitrogens is 1. The second-order valence-electron chi connectivity index (χ2n) is 5.68. The number of methoxy groups -OCH3 is 2. The minimum absolute atomic E-state index is 0.196. The number of hydrogen-bond donors (Lipinski definition) is 2. The summed E-state index contributed by atoms with van der Waals surface area (Å²) in [7, 11) is 7.09. The second kappa shape index (κ2) is 8.89. The zero-order valence-corrected chi connectivity index (χ0v) is 15.0. The Balaban J connectivity index is 2.07. The molecule has 2 rings (SSSR count). The molecule has 0 bridgehead atoms. The predicted molar refractivity (Wildman–Crippen MR) is 98.0 cm³/mol. The fraction of sp³-hybridized carbons (Fsp3) is 0.333. The summed E-state index contributed by atoms with van der Waals surface area (Å²) in [5.41, 5.74) is 1.95. The fourth-order valence-electron chi connectivity index (χ4n) is 2.20. The number of likely N-dealkylation sites (N-methyl/N-ethyl adjacent to an activating group) is 1. The van der Waals surface area contributed by atoms with Gasteiger partial charge in [0.2, 0.25) is 0 Å². The number of pyridine rings is 1. The van der Waals surface area contributed by atoms with Gasteiger partial charge in [-0.2, -0.15) is 0 Å². The van der Waals surface area contributed by atoms with Gasteiger partial charge < -0.3 is 25.0 Å². The van der Waals surface area contributed by atoms with E-state index in [0.29, 0.717) is 23.7 Å². The first-order valence-corrected chi connectivity index (χ1v) is 7.91. The van der Waals surface area contributed by atoms with Crippen LogP contribution < -0.4 is 20.1 Å². The van der Waals surface area contributed by atoms with E-state index in [1.807, 2.05) is 37.2 Å². The van der Waals surface area contributed by atoms with Crippen molar-refractivity contribution < 1.29 is 14.3 Å². The molecule has 134 valence electrons. The molecule has 0 spiro atoms. The maximum Gasteiger partial charge on any atom is 0.269 e. The second-order valence-corrected chi connectivity index (χ2v) is 5.68. The molecule has 0 aliphatic carbocycles. The third-order valence-electron chi connectivity index (χ3n) is 3.51. The van der Waals surface area contributed by atoms with Gasteiger partial charge in [-0.1, -0.05) is 0 Å². The SMILES string of the molecule is COc1ccc(Nc2ccnc(C(=O)NCCN(C)C)c2)cc1OC. The molecule has 1 aromatic heterocycles. The maximum absolute atomic E-state index is 12.2. The lowest BCUT2D eigenvalue weighted by Gasteiger charge is -2.12. The van der Waals surface area contributed by atoms with Crippen LogP contribution in [0.15, 0.2) is 36.5 Å². The monoisotopic (exact) mass is 344 g/mol. The van der Waals surface area contributed by atoms with Gasteiger partial charge in [0.25, 0.3) is 5.91 Å². The van der Waals surface area contributed by atoms with Crippen LogP contribution in [0.4, 0.5) is 11.4 Å². The highest BCUT2D eigenvalue weighted by Crippen LogP contribution is 2.31. The topological polar surface area (TPSA) is 75.7 Å². The number of nitrogens with one attached hydrogen (secondary N) is 2. The van der Waals surface area contributed by atoms with Crippen molar-refractivity contribution in [3.63, 3.8) is 0 Å². The Morgan fingerprint density at radius 2 is 1.80 bits per heavy atom. The molecule has 2 aromatic rings. The molecule has 25 heavy (non-hydrogen) atoms. The molecule has 1 aromatic carbocycles. The van der Waals surface area contributed by atoms with E-state index < -0.39 is 0 Å². The van der Waals surface area contributed by atoms with Crippen molar-refractivity contribution in [2.75, 3.05) is 46.7 Å². The van der Waals surface area contributed by atoms with Gasteiger partial charge in [-0.15, -0.1) is 0 Å². The number of carbonyl (C=O) groups is 1. The average Bonchev–Trinajstić information content (AvgIpc) is 2.61. The van der Waals surface area contributed by atoms with Crippen LogP contribution >= 0.6 is 0 Å². The first-order valence-electron chi connectivity index (χ1n) is 7.91. The molecule has 0 aliphatic rings. The third-order valence-corrected chi connectivity index (χ3v) is 3.51. The lowest BCUT2D eigenvalue weighted by molar-refractivity contribution is 0.0946. The van der Waals surface area contributed by atoms with Gasteiger partial charge in [0.15, 0.2) is 11.5 Å². The van der Waals surface area contributed by atoms with E-state index in [9.17, 15) is 4.79 Å². The Morgan fingerprint density at radius 1 is 1.08 bits per heavy atom. The van der Waals surface area contributed by atoms with E-state index in [2.05, 4.69) is 15.6 Å². The van der Waals surface area contributed by atoms with E-state index in [-0.39, 0.29) is 5.91 Å². The van der Waals surface area contributed by atoms with Crippen LogP contribution in [0.1, 0.15) is 10.5 Å². The fourth-order valence-corrected chi connectivity index (χ4v) is 2.20. The van der Waals surface area contributed by atoms with Crippen LogP contribution in [-0.2, 0) is 0 Å². The highest BCUT2D eigenvalue weighted by atomic mass is 16.5. The van der Waals surface area contributed by atoms with Crippen LogP contribution in [0.5, 0.6) is 11.5 Å². The van der Waals surface area contributed by atoms with Gasteiger partial charge in [0.1, 0.15) is 5.69 Å². The molecular formula is C18H24N4O3. The molecule has 0 saturated carbocycles. The molecule has 7 heteroatoms. The Morgan fingerprint density at radius 3 is 2.48 bits per heavy atom. The summed E-state index contributed by atoms with van der Waals surface area (Å²) in [5.74, 6) is 1.09. The highest BCUT2D eigenvalue weighted by Gasteiger charge is 2.09. The Bertz CT molecular complexity index is 719. The molecule has 0 atom stereocenters. The number of anilines is 2. The number of amides is 1. The molecule has 7 nitrogen and oxygen atoms in total. The van der Waals surface area contributed by atoms with Crippen LogP contribution in [0.3, 0.4) is 0 Å². The number of nitrogens with zero attached hydrogens (tertiary/aromatic N) is 2. The number of benzene rings is 1. The van der Waals surface area contributed by atoms with Crippen LogP contribution in [0.25, 0.3) is 0 Å². The molecule has 0 unspecified atom stereocenters. The van der Waals surface area contributed by atoms with Crippen molar-refractivity contribution >= 4 is 17.3 Å². The number of hydrogen-bond acceptors (Lipinski definition) is 6. The summed E-state index contributed by atoms with van der Waals surface area (Å²) in [6, 6.07) is 9.03. The van der Waals surface area contributed by atoms with Crippen LogP contribution in [0, 0.1) is 0 Å². The largest absolute Gasteiger partial charge is 0.493 e. The molecule has 0 saturated heterocycles. The minimum atomic E-state index is -0.196. The van der Waals surface area contributed by atoms with Crippen molar-refractivity contribution in [1.29, 1.82) is 0 Å². The summed E-state index contributed by atoms with van der Waals surface area (Å²) in [4.78, 5) is 18.3. The van der Waals surface area contributed by atoms with E-state index in [1.54, 1.807) is 32.5 Å². The lowest BCUT2D eigenvalue weighted by atomic mass is 10.2. The first-order chi connectivity index (χ1) is 12.0. The smallest absolute Gasteiger partial charge is 0.269 e. The summed E-state index contributed by atoms with van der Waals surface area (Å²) < 4.78 is 10.5. The quantitative estimate of drug-likeness (QED) is 0.764. The summed E-state index contributed by atoms with van der Waals surface area (Å²) in [6.07, 6.45) is 1.60. The zero-order valence-electron chi connectivity index (χ0n) is 15.0. The predicted octanol–water partition coefficient (Wildman–Crippen LogP) is 2.13. The van der Waals surface area contributed by atoms with E-state index in [0.717, 1.165) is 17.9 Å². The normalized spacial score (nSPS) is 10.4. The highest BCUT2D eigenvalue weighted by molar-refractivity contribution is 5.93. The number of carbonyl (C=O) groups excluding carboxylic acids is 1. The standard InChI is InChI=1S/C18H24N4O3/c1-22(2)10-9-20-18(23)15-11-14(7-8-19-15)21-13-5-6-16(24-3)17(12-13)25-4/h5-8,11-12H,9-10H2,1-4H3,(H,19,21)(H,20,23). The number of rotatable bonds is 8. The van der Waals surface area contributed by atoms with Crippen molar-refractivity contribution in [1.82, 2.24) is 15.2 Å². The van der Waals surface area contributed by atoms with Gasteiger partial charge in [-0.25, -0.2) is 0 Å². The van der Waals surface area contributed by atoms with Crippen molar-refractivity contribution in [3.8, 4) is 11.5 Å². The van der Waals surface area contributed by atoms with E-state index >= 15 is 0 Å². The van der Waals surface area contributed by atoms with Gasteiger partial charge in [-0.3, -0.25) is 9.78 Å². The van der Waals surface area contributed by atoms with Gasteiger partial charge in [0.05, 0.1) is 14.2 Å². The summed E-state index contributed by atoms with van der Waals surface area (Å²) in [5, 5.41) is 6.08. The van der Waals surface area contributed by atoms with Crippen LogP contribution in [0.2, 0.25) is 0 Å². The maximum atomic E-state index is 12.2. The van der Waals surface area contributed by atoms with Crippen molar-refractivity contribution in [2.45, 2.75) is 0 Å². The van der Waals surface area contributed by atoms with Gasteiger partial charge in [0, 0.05) is 36.7 Å². The number of ether oxygens (including phenoxy) is 2. The molecule has 2 N–H and O–H groups in total. The van der Waals surface area contributed by atoms with Gasteiger partial charge >= 0.3 is 0 Å². The lowest BCUT2D eigenvalue weighted by Crippen LogP contribution is -2.31. The van der Waals surface area contributed by atoms with Crippen molar-refractivity contribution in [2.24, 2.45) is 0 Å². The first kappa shape index (κ1) is 18.5. The zero-order chi connectivity index (χ0) is 18.2. The van der Waals surface area contributed by atoms with E-state index in [1.165, 1.54) is 0 Å². The molecule has 0 fully saturated rings. The molecule has 1 amide bonds. The molecule has 1 heterocycles. The summed E-state index contributed by atoms with van der Waals surface area (Å²) in [6.45, 7) is 1.34. The Kier molecular flexibility index (Phi) is 6.59. The Labute approximate surface area is 148 Å². The summed E-state index contributed by atoms with van der Waals surface area (Å²) >= 11 is 0. The Hall–Kier alpha value is -2.80. The van der Waals surface area contributed by atoms with E-state index in [4.69, 9.17) is 9.47 Å². The minimum Gasteiger partial charge on any atom is -0.493 e. The van der Waals surface area contributed by atoms with Crippen LogP contribution in [-0.4, -0.2) is 57.2 Å². The molecule has 0 radical (unpaired) electrons. The van der Waals surface area contributed by atoms with Gasteiger partial charge in [-0.05, 0) is 38.4 Å².